The number of hydrogen-bond donors (Lipinski definition) is 2. The third-order valence-corrected chi connectivity index (χ3v) is 2.49. The number of rotatable bonds is 4. The molecule has 0 aliphatic rings. The van der Waals surface area contributed by atoms with E-state index >= 15 is 0 Å². The van der Waals surface area contributed by atoms with Gasteiger partial charge in [0.05, 0.1) is 0 Å². The molecule has 0 aromatic carbocycles. The summed E-state index contributed by atoms with van der Waals surface area (Å²) >= 11 is 0. The monoisotopic (exact) mass is 191 g/mol. The molecule has 1 unspecified atom stereocenters. The van der Waals surface area contributed by atoms with E-state index in [1.165, 1.54) is 12.3 Å². The molecular formula is C10H25NS. The molecule has 0 aromatic rings. The van der Waals surface area contributed by atoms with Gasteiger partial charge in [-0.2, -0.15) is 0 Å². The van der Waals surface area contributed by atoms with Crippen LogP contribution in [0.1, 0.15) is 34.1 Å². The third kappa shape index (κ3) is 8.41. The van der Waals surface area contributed by atoms with Gasteiger partial charge in [-0.15, -0.1) is 0 Å². The quantitative estimate of drug-likeness (QED) is 0.651. The molecule has 0 fully saturated rings. The van der Waals surface area contributed by atoms with Crippen LogP contribution in [0.25, 0.3) is 0 Å². The number of hydrogen-bond acceptors (Lipinski definition) is 1. The predicted octanol–water partition coefficient (Wildman–Crippen LogP) is 2.62. The van der Waals surface area contributed by atoms with E-state index in [1.807, 2.05) is 0 Å². The highest BCUT2D eigenvalue weighted by Gasteiger charge is 2.14. The van der Waals surface area contributed by atoms with Crippen molar-refractivity contribution in [1.29, 1.82) is 0 Å². The molecule has 0 spiro atoms. The van der Waals surface area contributed by atoms with Crippen molar-refractivity contribution < 1.29 is 0 Å². The lowest BCUT2D eigenvalue weighted by Crippen LogP contribution is -2.30. The Morgan fingerprint density at radius 3 is 2.08 bits per heavy atom. The van der Waals surface area contributed by atoms with Crippen molar-refractivity contribution in [2.24, 2.45) is 5.41 Å². The smallest absolute Gasteiger partial charge is 0.0235 e. The van der Waals surface area contributed by atoms with Crippen LogP contribution < -0.4 is 5.32 Å². The van der Waals surface area contributed by atoms with Crippen molar-refractivity contribution in [3.63, 3.8) is 0 Å². The maximum absolute atomic E-state index is 3.57. The van der Waals surface area contributed by atoms with Gasteiger partial charge in [-0.05, 0) is 31.3 Å². The summed E-state index contributed by atoms with van der Waals surface area (Å²) in [6, 6.07) is 0.662. The van der Waals surface area contributed by atoms with Gasteiger partial charge >= 0.3 is 0 Å². The van der Waals surface area contributed by atoms with Crippen LogP contribution in [0.5, 0.6) is 0 Å². The van der Waals surface area contributed by atoms with Crippen LogP contribution in [0.15, 0.2) is 0 Å². The average Bonchev–Trinajstić information content (AvgIpc) is 1.79. The first kappa shape index (κ1) is 12.3. The molecule has 1 nitrogen and oxygen atoms in total. The van der Waals surface area contributed by atoms with Crippen molar-refractivity contribution in [2.75, 3.05) is 18.4 Å². The first-order chi connectivity index (χ1) is 5.31. The minimum absolute atomic E-state index is 0.214. The molecule has 0 aromatic heterocycles. The second kappa shape index (κ2) is 5.13. The van der Waals surface area contributed by atoms with Crippen LogP contribution in [-0.2, 0) is 0 Å². The van der Waals surface area contributed by atoms with Crippen LogP contribution in [0.3, 0.4) is 0 Å². The van der Waals surface area contributed by atoms with E-state index in [9.17, 15) is 0 Å². The fourth-order valence-corrected chi connectivity index (χ4v) is 2.01. The molecule has 0 saturated carbocycles. The van der Waals surface area contributed by atoms with E-state index in [4.69, 9.17) is 0 Å². The van der Waals surface area contributed by atoms with Gasteiger partial charge in [-0.1, -0.05) is 20.8 Å². The standard InChI is InChI=1S/C10H25NS/c1-9(7-10(2,3)4)11-8-12(5)6/h9,11-12H,7-8H2,1-6H3. The molecule has 0 radical (unpaired) electrons. The summed E-state index contributed by atoms with van der Waals surface area (Å²) < 4.78 is 0. The van der Waals surface area contributed by atoms with Crippen molar-refractivity contribution in [3.8, 4) is 0 Å². The Hall–Kier alpha value is 0.310. The molecule has 1 N–H and O–H groups in total. The Morgan fingerprint density at radius 2 is 1.75 bits per heavy atom. The molecule has 76 valence electrons. The van der Waals surface area contributed by atoms with Gasteiger partial charge in [0.2, 0.25) is 0 Å². The zero-order valence-electron chi connectivity index (χ0n) is 9.44. The van der Waals surface area contributed by atoms with Gasteiger partial charge in [0.1, 0.15) is 0 Å². The Bertz CT molecular complexity index is 115. The van der Waals surface area contributed by atoms with Gasteiger partial charge in [0, 0.05) is 11.9 Å². The fraction of sp³-hybridized carbons (Fsp3) is 1.00. The molecule has 0 aliphatic heterocycles. The van der Waals surface area contributed by atoms with Crippen molar-refractivity contribution in [3.05, 3.63) is 0 Å². The van der Waals surface area contributed by atoms with E-state index in [0.717, 1.165) is 0 Å². The molecule has 0 aliphatic carbocycles. The zero-order valence-corrected chi connectivity index (χ0v) is 10.3. The number of nitrogens with one attached hydrogen (secondary N) is 1. The molecule has 1 atom stereocenters. The largest absolute Gasteiger partial charge is 0.307 e. The van der Waals surface area contributed by atoms with Crippen LogP contribution >= 0.6 is 10.9 Å². The van der Waals surface area contributed by atoms with Gasteiger partial charge < -0.3 is 5.32 Å². The SMILES string of the molecule is CC(CC(C)(C)C)NC[SH](C)C. The van der Waals surface area contributed by atoms with E-state index in [1.54, 1.807) is 0 Å². The summed E-state index contributed by atoms with van der Waals surface area (Å²) in [5.41, 5.74) is 0.455. The van der Waals surface area contributed by atoms with Crippen molar-refractivity contribution in [1.82, 2.24) is 5.32 Å². The topological polar surface area (TPSA) is 12.0 Å². The highest BCUT2D eigenvalue weighted by molar-refractivity contribution is 8.15. The average molecular weight is 191 g/mol. The summed E-state index contributed by atoms with van der Waals surface area (Å²) in [6.07, 6.45) is 5.88. The second-order valence-electron chi connectivity index (χ2n) is 5.11. The Kier molecular flexibility index (Phi) is 5.26. The fourth-order valence-electron chi connectivity index (χ4n) is 1.33. The summed E-state index contributed by atoms with van der Waals surface area (Å²) in [5, 5.41) is 3.57. The third-order valence-electron chi connectivity index (χ3n) is 1.67. The summed E-state index contributed by atoms with van der Waals surface area (Å²) in [5.74, 6) is 1.20. The highest BCUT2D eigenvalue weighted by Crippen LogP contribution is 2.21. The maximum Gasteiger partial charge on any atom is 0.0235 e. The van der Waals surface area contributed by atoms with Crippen LogP contribution in [-0.4, -0.2) is 24.4 Å². The lowest BCUT2D eigenvalue weighted by atomic mass is 9.89. The molecule has 0 bridgehead atoms. The summed E-state index contributed by atoms with van der Waals surface area (Å²) in [4.78, 5) is 0. The van der Waals surface area contributed by atoms with E-state index in [-0.39, 0.29) is 10.9 Å². The Labute approximate surface area is 80.7 Å². The first-order valence-corrected chi connectivity index (χ1v) is 7.11. The van der Waals surface area contributed by atoms with E-state index < -0.39 is 0 Å². The maximum atomic E-state index is 3.57. The van der Waals surface area contributed by atoms with Gasteiger partial charge in [0.15, 0.2) is 0 Å². The second-order valence-corrected chi connectivity index (χ2v) is 7.58. The van der Waals surface area contributed by atoms with Gasteiger partial charge in [0.25, 0.3) is 0 Å². The first-order valence-electron chi connectivity index (χ1n) is 4.69. The lowest BCUT2D eigenvalue weighted by molar-refractivity contribution is 0.327. The summed E-state index contributed by atoms with van der Waals surface area (Å²) in [6.45, 7) is 9.17. The van der Waals surface area contributed by atoms with E-state index in [0.29, 0.717) is 11.5 Å². The molecule has 0 saturated heterocycles. The minimum Gasteiger partial charge on any atom is -0.307 e. The van der Waals surface area contributed by atoms with Gasteiger partial charge in [-0.3, -0.25) is 0 Å². The molecule has 0 rings (SSSR count). The molecule has 0 amide bonds. The van der Waals surface area contributed by atoms with Crippen LogP contribution in [0.2, 0.25) is 0 Å². The Balaban J connectivity index is 3.53. The molecular weight excluding hydrogens is 166 g/mol. The molecule has 0 heterocycles. The van der Waals surface area contributed by atoms with Gasteiger partial charge in [-0.25, -0.2) is 10.9 Å². The number of thiol groups is 1. The lowest BCUT2D eigenvalue weighted by Gasteiger charge is -2.25. The van der Waals surface area contributed by atoms with E-state index in [2.05, 4.69) is 45.5 Å². The predicted molar refractivity (Wildman–Crippen MR) is 62.4 cm³/mol. The molecule has 2 heteroatoms. The minimum atomic E-state index is 0.214. The van der Waals surface area contributed by atoms with Crippen LogP contribution in [0, 0.1) is 5.41 Å². The normalized spacial score (nSPS) is 16.0. The van der Waals surface area contributed by atoms with Crippen molar-refractivity contribution >= 4 is 10.9 Å². The molecule has 12 heavy (non-hydrogen) atoms. The highest BCUT2D eigenvalue weighted by atomic mass is 32.2. The zero-order chi connectivity index (χ0) is 9.78. The Morgan fingerprint density at radius 1 is 1.25 bits per heavy atom. The summed E-state index contributed by atoms with van der Waals surface area (Å²) in [7, 11) is 0.214. The van der Waals surface area contributed by atoms with Crippen LogP contribution in [0.4, 0.5) is 0 Å². The van der Waals surface area contributed by atoms with Crippen molar-refractivity contribution in [2.45, 2.75) is 40.2 Å².